The molecular weight excluding hydrogens is 368 g/mol. The number of ether oxygens (including phenoxy) is 1. The van der Waals surface area contributed by atoms with Crippen LogP contribution in [0.25, 0.3) is 0 Å². The summed E-state index contributed by atoms with van der Waals surface area (Å²) in [5, 5.41) is 7.45. The molecule has 7 heteroatoms. The predicted octanol–water partition coefficient (Wildman–Crippen LogP) is 2.76. The van der Waals surface area contributed by atoms with Crippen molar-refractivity contribution in [1.29, 1.82) is 0 Å². The van der Waals surface area contributed by atoms with Gasteiger partial charge in [0.15, 0.2) is 0 Å². The Morgan fingerprint density at radius 1 is 1.24 bits per heavy atom. The predicted molar refractivity (Wildman–Crippen MR) is 112 cm³/mol. The first-order valence-corrected chi connectivity index (χ1v) is 11.0. The minimum atomic E-state index is -0.339. The summed E-state index contributed by atoms with van der Waals surface area (Å²) in [5.41, 5.74) is 1.78. The number of aromatic nitrogens is 2. The van der Waals surface area contributed by atoms with E-state index in [9.17, 15) is 9.59 Å². The number of carbonyl (C=O) groups excluding carboxylic acids is 2. The zero-order valence-electron chi connectivity index (χ0n) is 18.5. The van der Waals surface area contributed by atoms with Gasteiger partial charge in [-0.1, -0.05) is 13.8 Å². The lowest BCUT2D eigenvalue weighted by Gasteiger charge is -2.39. The molecule has 2 amide bonds. The van der Waals surface area contributed by atoms with Gasteiger partial charge < -0.3 is 15.0 Å². The molecule has 29 heavy (non-hydrogen) atoms. The molecule has 2 unspecified atom stereocenters. The van der Waals surface area contributed by atoms with Crippen LogP contribution in [0, 0.1) is 19.8 Å². The van der Waals surface area contributed by atoms with E-state index in [1.807, 2.05) is 31.7 Å². The fourth-order valence-electron chi connectivity index (χ4n) is 4.56. The van der Waals surface area contributed by atoms with Gasteiger partial charge in [0.25, 0.3) is 0 Å². The highest BCUT2D eigenvalue weighted by molar-refractivity contribution is 5.79. The zero-order valence-corrected chi connectivity index (χ0v) is 18.5. The number of likely N-dealkylation sites (tertiary alicyclic amines) is 1. The van der Waals surface area contributed by atoms with Crippen LogP contribution in [0.5, 0.6) is 0 Å². The van der Waals surface area contributed by atoms with Crippen molar-refractivity contribution in [2.75, 3.05) is 19.6 Å². The molecule has 0 aliphatic carbocycles. The second-order valence-corrected chi connectivity index (χ2v) is 9.23. The van der Waals surface area contributed by atoms with Gasteiger partial charge in [0.05, 0.1) is 17.4 Å². The van der Waals surface area contributed by atoms with Crippen molar-refractivity contribution < 1.29 is 14.3 Å². The molecule has 0 saturated carbocycles. The highest BCUT2D eigenvalue weighted by Crippen LogP contribution is 2.39. The largest absolute Gasteiger partial charge is 0.370 e. The van der Waals surface area contributed by atoms with E-state index < -0.39 is 0 Å². The third-order valence-corrected chi connectivity index (χ3v) is 6.24. The van der Waals surface area contributed by atoms with Gasteiger partial charge in [-0.15, -0.1) is 0 Å². The first-order valence-electron chi connectivity index (χ1n) is 11.0. The summed E-state index contributed by atoms with van der Waals surface area (Å²) in [6, 6.07) is 1.64. The molecule has 2 aliphatic heterocycles. The Labute approximate surface area is 174 Å². The molecule has 2 atom stereocenters. The molecule has 2 saturated heterocycles. The molecular formula is C22H36N4O3. The van der Waals surface area contributed by atoms with Crippen LogP contribution in [0.3, 0.4) is 0 Å². The van der Waals surface area contributed by atoms with E-state index in [0.29, 0.717) is 18.9 Å². The molecule has 0 bridgehead atoms. The molecule has 162 valence electrons. The second-order valence-electron chi connectivity index (χ2n) is 9.23. The van der Waals surface area contributed by atoms with E-state index >= 15 is 0 Å². The second kappa shape index (κ2) is 8.86. The summed E-state index contributed by atoms with van der Waals surface area (Å²) in [7, 11) is 0. The molecule has 1 spiro atoms. The van der Waals surface area contributed by atoms with Crippen LogP contribution in [0.1, 0.15) is 70.3 Å². The molecule has 1 aromatic rings. The van der Waals surface area contributed by atoms with E-state index in [1.165, 1.54) is 0 Å². The number of carbonyl (C=O) groups is 2. The lowest BCUT2D eigenvalue weighted by molar-refractivity contribution is -0.138. The topological polar surface area (TPSA) is 76.5 Å². The van der Waals surface area contributed by atoms with Crippen LogP contribution in [0.4, 0.5) is 0 Å². The van der Waals surface area contributed by atoms with Crippen molar-refractivity contribution in [1.82, 2.24) is 20.0 Å². The number of hydrogen-bond donors (Lipinski definition) is 1. The summed E-state index contributed by atoms with van der Waals surface area (Å²) < 4.78 is 8.16. The molecule has 3 heterocycles. The van der Waals surface area contributed by atoms with Crippen molar-refractivity contribution in [3.05, 3.63) is 17.5 Å². The Balaban J connectivity index is 1.45. The van der Waals surface area contributed by atoms with E-state index in [2.05, 4.69) is 24.3 Å². The van der Waals surface area contributed by atoms with Crippen molar-refractivity contribution >= 4 is 11.8 Å². The van der Waals surface area contributed by atoms with E-state index in [1.54, 1.807) is 4.68 Å². The molecule has 2 fully saturated rings. The first-order chi connectivity index (χ1) is 13.7. The van der Waals surface area contributed by atoms with Crippen molar-refractivity contribution in [2.45, 2.75) is 84.5 Å². The Hall–Kier alpha value is -1.89. The Bertz CT molecular complexity index is 734. The average Bonchev–Trinajstić information content (AvgIpc) is 3.21. The number of amides is 2. The molecule has 1 aromatic heterocycles. The number of aryl methyl sites for hydroxylation is 2. The lowest BCUT2D eigenvalue weighted by atomic mass is 9.88. The van der Waals surface area contributed by atoms with E-state index in [4.69, 9.17) is 4.74 Å². The fourth-order valence-corrected chi connectivity index (χ4v) is 4.56. The number of hydrogen-bond acceptors (Lipinski definition) is 4. The highest BCUT2D eigenvalue weighted by atomic mass is 16.5. The van der Waals surface area contributed by atoms with Gasteiger partial charge >= 0.3 is 0 Å². The monoisotopic (exact) mass is 404 g/mol. The smallest absolute Gasteiger partial charge is 0.244 e. The van der Waals surface area contributed by atoms with Crippen LogP contribution in [-0.4, -0.2) is 57.8 Å². The Morgan fingerprint density at radius 2 is 1.93 bits per heavy atom. The van der Waals surface area contributed by atoms with Gasteiger partial charge in [-0.3, -0.25) is 14.3 Å². The summed E-state index contributed by atoms with van der Waals surface area (Å²) in [6.07, 6.45) is 4.41. The van der Waals surface area contributed by atoms with Gasteiger partial charge in [0.2, 0.25) is 11.8 Å². The zero-order chi connectivity index (χ0) is 21.2. The molecule has 0 radical (unpaired) electrons. The summed E-state index contributed by atoms with van der Waals surface area (Å²) in [5.74, 6) is 0.621. The minimum Gasteiger partial charge on any atom is -0.370 e. The van der Waals surface area contributed by atoms with Gasteiger partial charge in [-0.05, 0) is 58.4 Å². The van der Waals surface area contributed by atoms with Gasteiger partial charge in [0.1, 0.15) is 6.04 Å². The van der Waals surface area contributed by atoms with Crippen LogP contribution in [-0.2, 0) is 14.3 Å². The highest BCUT2D eigenvalue weighted by Gasteiger charge is 2.43. The van der Waals surface area contributed by atoms with Crippen molar-refractivity contribution in [3.63, 3.8) is 0 Å². The molecule has 7 nitrogen and oxygen atoms in total. The van der Waals surface area contributed by atoms with Crippen LogP contribution in [0.15, 0.2) is 6.07 Å². The average molecular weight is 405 g/mol. The SMILES string of the molecule is Cc1cc(C)n(C(C)C(=O)NCC2CCC3(CCN(C(=O)CC(C)C)CC3)O2)n1. The lowest BCUT2D eigenvalue weighted by Crippen LogP contribution is -2.47. The normalized spacial score (nSPS) is 22.3. The Kier molecular flexibility index (Phi) is 6.66. The molecule has 1 N–H and O–H groups in total. The maximum Gasteiger partial charge on any atom is 0.244 e. The maximum absolute atomic E-state index is 12.6. The van der Waals surface area contributed by atoms with Crippen LogP contribution in [0.2, 0.25) is 0 Å². The van der Waals surface area contributed by atoms with Gasteiger partial charge in [0, 0.05) is 31.7 Å². The fraction of sp³-hybridized carbons (Fsp3) is 0.773. The minimum absolute atomic E-state index is 0.0325. The summed E-state index contributed by atoms with van der Waals surface area (Å²) >= 11 is 0. The maximum atomic E-state index is 12.6. The third kappa shape index (κ3) is 5.18. The summed E-state index contributed by atoms with van der Waals surface area (Å²) in [4.78, 5) is 26.8. The number of piperidine rings is 1. The number of rotatable bonds is 6. The molecule has 3 rings (SSSR count). The van der Waals surface area contributed by atoms with Gasteiger partial charge in [-0.2, -0.15) is 5.10 Å². The first kappa shape index (κ1) is 21.8. The van der Waals surface area contributed by atoms with E-state index in [0.717, 1.165) is 50.2 Å². The number of nitrogens with one attached hydrogen (secondary N) is 1. The van der Waals surface area contributed by atoms with Crippen LogP contribution < -0.4 is 5.32 Å². The molecule has 2 aliphatic rings. The molecule has 0 aromatic carbocycles. The van der Waals surface area contributed by atoms with Crippen molar-refractivity contribution in [3.8, 4) is 0 Å². The standard InChI is InChI=1S/C22H36N4O3/c1-15(2)12-20(27)25-10-8-22(9-11-25)7-6-19(29-22)14-23-21(28)18(5)26-17(4)13-16(3)24-26/h13,15,18-19H,6-12,14H2,1-5H3,(H,23,28). The summed E-state index contributed by atoms with van der Waals surface area (Å²) in [6.45, 7) is 12.0. The number of nitrogens with zero attached hydrogens (tertiary/aromatic N) is 3. The van der Waals surface area contributed by atoms with Crippen LogP contribution >= 0.6 is 0 Å². The Morgan fingerprint density at radius 3 is 2.52 bits per heavy atom. The van der Waals surface area contributed by atoms with Crippen molar-refractivity contribution in [2.24, 2.45) is 5.92 Å². The quantitative estimate of drug-likeness (QED) is 0.791. The third-order valence-electron chi connectivity index (χ3n) is 6.24. The van der Waals surface area contributed by atoms with E-state index in [-0.39, 0.29) is 29.6 Å². The van der Waals surface area contributed by atoms with Gasteiger partial charge in [-0.25, -0.2) is 0 Å².